The third-order valence-corrected chi connectivity index (χ3v) is 4.28. The molecule has 2 heterocycles. The van der Waals surface area contributed by atoms with E-state index >= 15 is 0 Å². The molecule has 1 fully saturated rings. The molecule has 0 aliphatic carbocycles. The molecule has 0 bridgehead atoms. The van der Waals surface area contributed by atoms with E-state index in [0.717, 1.165) is 28.1 Å². The molecule has 0 amide bonds. The van der Waals surface area contributed by atoms with Crippen LogP contribution in [0.2, 0.25) is 0 Å². The SMILES string of the molecule is Nc1cc(Br)ccc1-c1nc(C2CSCCO2)no1. The van der Waals surface area contributed by atoms with Crippen LogP contribution in [0.3, 0.4) is 0 Å². The average Bonchev–Trinajstić information content (AvgIpc) is 2.89. The third kappa shape index (κ3) is 2.77. The highest BCUT2D eigenvalue weighted by atomic mass is 79.9. The molecule has 3 rings (SSSR count). The summed E-state index contributed by atoms with van der Waals surface area (Å²) in [5, 5.41) is 3.99. The smallest absolute Gasteiger partial charge is 0.260 e. The molecule has 2 N–H and O–H groups in total. The largest absolute Gasteiger partial charge is 0.398 e. The van der Waals surface area contributed by atoms with Crippen LogP contribution in [0.15, 0.2) is 27.2 Å². The highest BCUT2D eigenvalue weighted by molar-refractivity contribution is 9.10. The predicted molar refractivity (Wildman–Crippen MR) is 77.9 cm³/mol. The lowest BCUT2D eigenvalue weighted by atomic mass is 10.2. The molecular weight excluding hydrogens is 330 g/mol. The number of nitrogen functional groups attached to an aromatic ring is 1. The summed E-state index contributed by atoms with van der Waals surface area (Å²) in [5.41, 5.74) is 7.29. The van der Waals surface area contributed by atoms with Crippen molar-refractivity contribution in [1.82, 2.24) is 10.1 Å². The van der Waals surface area contributed by atoms with E-state index in [2.05, 4.69) is 26.1 Å². The van der Waals surface area contributed by atoms with Gasteiger partial charge in [-0.15, -0.1) is 0 Å². The van der Waals surface area contributed by atoms with Crippen molar-refractivity contribution in [2.75, 3.05) is 23.8 Å². The second-order valence-electron chi connectivity index (χ2n) is 4.12. The number of nitrogens with zero attached hydrogens (tertiary/aromatic N) is 2. The number of rotatable bonds is 2. The normalized spacial score (nSPS) is 19.5. The zero-order chi connectivity index (χ0) is 13.2. The van der Waals surface area contributed by atoms with E-state index in [0.29, 0.717) is 17.4 Å². The van der Waals surface area contributed by atoms with E-state index in [1.165, 1.54) is 0 Å². The molecule has 1 aromatic heterocycles. The lowest BCUT2D eigenvalue weighted by Gasteiger charge is -2.18. The number of hydrogen-bond donors (Lipinski definition) is 1. The van der Waals surface area contributed by atoms with Crippen molar-refractivity contribution < 1.29 is 9.26 Å². The molecule has 2 aromatic rings. The van der Waals surface area contributed by atoms with Gasteiger partial charge in [-0.1, -0.05) is 21.1 Å². The van der Waals surface area contributed by atoms with Crippen molar-refractivity contribution in [3.8, 4) is 11.5 Å². The Balaban J connectivity index is 1.87. The van der Waals surface area contributed by atoms with E-state index in [-0.39, 0.29) is 6.10 Å². The van der Waals surface area contributed by atoms with Crippen LogP contribution in [0, 0.1) is 0 Å². The van der Waals surface area contributed by atoms with Gasteiger partial charge in [0.25, 0.3) is 5.89 Å². The molecular formula is C12H12BrN3O2S. The summed E-state index contributed by atoms with van der Waals surface area (Å²) in [6, 6.07) is 5.56. The maximum atomic E-state index is 5.95. The zero-order valence-corrected chi connectivity index (χ0v) is 12.4. The number of hydrogen-bond acceptors (Lipinski definition) is 6. The van der Waals surface area contributed by atoms with Crippen LogP contribution in [0.5, 0.6) is 0 Å². The Morgan fingerprint density at radius 1 is 1.42 bits per heavy atom. The van der Waals surface area contributed by atoms with Gasteiger partial charge in [-0.05, 0) is 18.2 Å². The molecule has 1 aliphatic rings. The van der Waals surface area contributed by atoms with Crippen LogP contribution in [0.4, 0.5) is 5.69 Å². The molecule has 0 saturated carbocycles. The fourth-order valence-electron chi connectivity index (χ4n) is 1.84. The highest BCUT2D eigenvalue weighted by Crippen LogP contribution is 2.30. The van der Waals surface area contributed by atoms with Gasteiger partial charge >= 0.3 is 0 Å². The molecule has 100 valence electrons. The summed E-state index contributed by atoms with van der Waals surface area (Å²) in [6.07, 6.45) is -0.0899. The molecule has 1 saturated heterocycles. The standard InChI is InChI=1S/C12H12BrN3O2S/c13-7-1-2-8(9(14)5-7)12-15-11(16-18-12)10-6-19-4-3-17-10/h1-2,5,10H,3-4,6,14H2. The summed E-state index contributed by atoms with van der Waals surface area (Å²) in [5.74, 6) is 2.89. The molecule has 19 heavy (non-hydrogen) atoms. The average molecular weight is 342 g/mol. The Kier molecular flexibility index (Phi) is 3.76. The summed E-state index contributed by atoms with van der Waals surface area (Å²) in [4.78, 5) is 4.38. The molecule has 1 aromatic carbocycles. The Hall–Kier alpha value is -1.05. The van der Waals surface area contributed by atoms with E-state index in [9.17, 15) is 0 Å². The number of aromatic nitrogens is 2. The Morgan fingerprint density at radius 2 is 2.32 bits per heavy atom. The first-order chi connectivity index (χ1) is 9.24. The second-order valence-corrected chi connectivity index (χ2v) is 6.19. The fourth-order valence-corrected chi connectivity index (χ4v) is 3.06. The zero-order valence-electron chi connectivity index (χ0n) is 10.0. The third-order valence-electron chi connectivity index (χ3n) is 2.79. The Morgan fingerprint density at radius 3 is 3.05 bits per heavy atom. The summed E-state index contributed by atoms with van der Waals surface area (Å²) in [7, 11) is 0. The van der Waals surface area contributed by atoms with Crippen LogP contribution in [-0.2, 0) is 4.74 Å². The van der Waals surface area contributed by atoms with Crippen LogP contribution in [0.1, 0.15) is 11.9 Å². The van der Waals surface area contributed by atoms with Gasteiger partial charge in [-0.2, -0.15) is 16.7 Å². The number of halogens is 1. The van der Waals surface area contributed by atoms with Gasteiger partial charge in [0.2, 0.25) is 5.82 Å². The summed E-state index contributed by atoms with van der Waals surface area (Å²) < 4.78 is 11.8. The van der Waals surface area contributed by atoms with Crippen LogP contribution in [0.25, 0.3) is 11.5 Å². The number of anilines is 1. The Labute approximate surface area is 123 Å². The van der Waals surface area contributed by atoms with Crippen molar-refractivity contribution >= 4 is 33.4 Å². The molecule has 7 heteroatoms. The lowest BCUT2D eigenvalue weighted by Crippen LogP contribution is -2.16. The van der Waals surface area contributed by atoms with Crippen molar-refractivity contribution in [3.63, 3.8) is 0 Å². The number of nitrogens with two attached hydrogens (primary N) is 1. The van der Waals surface area contributed by atoms with Crippen LogP contribution in [-0.4, -0.2) is 28.3 Å². The van der Waals surface area contributed by atoms with Crippen molar-refractivity contribution in [2.24, 2.45) is 0 Å². The minimum absolute atomic E-state index is 0.0899. The first-order valence-corrected chi connectivity index (χ1v) is 7.77. The maximum absolute atomic E-state index is 5.95. The molecule has 0 spiro atoms. The van der Waals surface area contributed by atoms with Gasteiger partial charge in [-0.3, -0.25) is 0 Å². The summed E-state index contributed by atoms with van der Waals surface area (Å²) >= 11 is 5.20. The molecule has 0 radical (unpaired) electrons. The van der Waals surface area contributed by atoms with E-state index in [4.69, 9.17) is 15.0 Å². The maximum Gasteiger partial charge on any atom is 0.260 e. The van der Waals surface area contributed by atoms with Crippen LogP contribution >= 0.6 is 27.7 Å². The summed E-state index contributed by atoms with van der Waals surface area (Å²) in [6.45, 7) is 0.722. The highest BCUT2D eigenvalue weighted by Gasteiger charge is 2.23. The monoisotopic (exact) mass is 341 g/mol. The van der Waals surface area contributed by atoms with E-state index < -0.39 is 0 Å². The van der Waals surface area contributed by atoms with Crippen molar-refractivity contribution in [2.45, 2.75) is 6.10 Å². The number of thioether (sulfide) groups is 1. The van der Waals surface area contributed by atoms with Gasteiger partial charge < -0.3 is 15.0 Å². The van der Waals surface area contributed by atoms with Crippen LogP contribution < -0.4 is 5.73 Å². The first-order valence-electron chi connectivity index (χ1n) is 5.82. The number of benzene rings is 1. The van der Waals surface area contributed by atoms with E-state index in [1.807, 2.05) is 30.0 Å². The predicted octanol–water partition coefficient (Wildman–Crippen LogP) is 2.89. The molecule has 1 atom stereocenters. The van der Waals surface area contributed by atoms with Gasteiger partial charge in [-0.25, -0.2) is 0 Å². The Bertz CT molecular complexity index is 584. The van der Waals surface area contributed by atoms with Gasteiger partial charge in [0.15, 0.2) is 0 Å². The topological polar surface area (TPSA) is 74.2 Å². The van der Waals surface area contributed by atoms with Crippen molar-refractivity contribution in [3.05, 3.63) is 28.5 Å². The van der Waals surface area contributed by atoms with Gasteiger partial charge in [0, 0.05) is 21.7 Å². The lowest BCUT2D eigenvalue weighted by molar-refractivity contribution is 0.0677. The molecule has 1 aliphatic heterocycles. The van der Waals surface area contributed by atoms with Crippen molar-refractivity contribution in [1.29, 1.82) is 0 Å². The number of ether oxygens (including phenoxy) is 1. The second kappa shape index (κ2) is 5.52. The first kappa shape index (κ1) is 13.0. The fraction of sp³-hybridized carbons (Fsp3) is 0.333. The molecule has 1 unspecified atom stereocenters. The van der Waals surface area contributed by atoms with E-state index in [1.54, 1.807) is 0 Å². The van der Waals surface area contributed by atoms with Gasteiger partial charge in [0.05, 0.1) is 12.2 Å². The van der Waals surface area contributed by atoms with Gasteiger partial charge in [0.1, 0.15) is 6.10 Å². The minimum atomic E-state index is -0.0899. The molecule has 5 nitrogen and oxygen atoms in total. The minimum Gasteiger partial charge on any atom is -0.398 e. The quantitative estimate of drug-likeness (QED) is 0.846.